The van der Waals surface area contributed by atoms with Crippen LogP contribution >= 0.6 is 0 Å². The minimum absolute atomic E-state index is 0.371. The summed E-state index contributed by atoms with van der Waals surface area (Å²) in [5, 5.41) is 0. The summed E-state index contributed by atoms with van der Waals surface area (Å²) < 4.78 is 5.72. The number of aromatic nitrogens is 3. The molecule has 1 atom stereocenters. The largest absolute Gasteiger partial charge is 0.443 e. The number of benzene rings is 2. The van der Waals surface area contributed by atoms with Crippen LogP contribution in [0, 0.1) is 0 Å². The van der Waals surface area contributed by atoms with Crippen LogP contribution in [0.25, 0.3) is 22.2 Å². The van der Waals surface area contributed by atoms with Gasteiger partial charge in [0.05, 0.1) is 23.3 Å². The fraction of sp³-hybridized carbons (Fsp3) is 0.240. The Morgan fingerprint density at radius 2 is 1.68 bits per heavy atom. The number of fused-ring (bicyclic) bond motifs is 1. The van der Waals surface area contributed by atoms with E-state index in [4.69, 9.17) is 4.74 Å². The molecule has 158 valence electrons. The van der Waals surface area contributed by atoms with Crippen LogP contribution in [0.1, 0.15) is 39.6 Å². The first kappa shape index (κ1) is 20.6. The molecule has 1 unspecified atom stereocenters. The maximum Gasteiger partial charge on any atom is 0.415 e. The van der Waals surface area contributed by atoms with Crippen molar-refractivity contribution in [2.24, 2.45) is 0 Å². The van der Waals surface area contributed by atoms with Gasteiger partial charge in [0.1, 0.15) is 11.4 Å². The molecule has 6 heteroatoms. The lowest BCUT2D eigenvalue weighted by Gasteiger charge is -2.31. The Morgan fingerprint density at radius 1 is 1.00 bits per heavy atom. The van der Waals surface area contributed by atoms with Crippen LogP contribution in [-0.2, 0) is 4.74 Å². The first-order chi connectivity index (χ1) is 14.8. The number of nitrogens with zero attached hydrogens (tertiary/aromatic N) is 3. The van der Waals surface area contributed by atoms with Gasteiger partial charge >= 0.3 is 6.09 Å². The molecule has 0 saturated carbocycles. The number of imidazole rings is 1. The highest BCUT2D eigenvalue weighted by molar-refractivity contribution is 5.89. The van der Waals surface area contributed by atoms with Gasteiger partial charge in [-0.15, -0.1) is 0 Å². The van der Waals surface area contributed by atoms with Crippen molar-refractivity contribution in [2.45, 2.75) is 39.3 Å². The summed E-state index contributed by atoms with van der Waals surface area (Å²) in [5.41, 5.74) is 3.96. The Morgan fingerprint density at radius 3 is 2.32 bits per heavy atom. The number of aromatic amines is 1. The molecule has 0 fully saturated rings. The Kier molecular flexibility index (Phi) is 5.46. The number of anilines is 1. The van der Waals surface area contributed by atoms with Crippen molar-refractivity contribution < 1.29 is 9.53 Å². The number of carbonyl (C=O) groups excluding carboxylic acids is 1. The lowest BCUT2D eigenvalue weighted by molar-refractivity contribution is 0.0566. The third kappa shape index (κ3) is 4.58. The Labute approximate surface area is 181 Å². The van der Waals surface area contributed by atoms with E-state index in [1.54, 1.807) is 17.3 Å². The SMILES string of the molecule is CC(c1nc2ccncc2[nH]1)N(C(=O)OC(C)(C)C)c1ccc(-c2ccccc2)cc1. The van der Waals surface area contributed by atoms with E-state index in [1.165, 1.54) is 0 Å². The Bertz CT molecular complexity index is 1140. The van der Waals surface area contributed by atoms with E-state index in [2.05, 4.69) is 27.1 Å². The van der Waals surface area contributed by atoms with Gasteiger partial charge in [0, 0.05) is 11.9 Å². The van der Waals surface area contributed by atoms with Gasteiger partial charge in [-0.05, 0) is 57.0 Å². The second-order valence-corrected chi connectivity index (χ2v) is 8.45. The molecule has 0 spiro atoms. The summed E-state index contributed by atoms with van der Waals surface area (Å²) >= 11 is 0. The second kappa shape index (κ2) is 8.22. The summed E-state index contributed by atoms with van der Waals surface area (Å²) in [6.07, 6.45) is 3.00. The summed E-state index contributed by atoms with van der Waals surface area (Å²) in [6.45, 7) is 7.51. The average Bonchev–Trinajstić information content (AvgIpc) is 3.18. The second-order valence-electron chi connectivity index (χ2n) is 8.45. The lowest BCUT2D eigenvalue weighted by atomic mass is 10.1. The number of H-pyrrole nitrogens is 1. The number of rotatable bonds is 4. The molecule has 4 aromatic rings. The van der Waals surface area contributed by atoms with Gasteiger partial charge in [0.15, 0.2) is 0 Å². The van der Waals surface area contributed by atoms with Crippen molar-refractivity contribution >= 4 is 22.8 Å². The molecule has 0 saturated heterocycles. The fourth-order valence-corrected chi connectivity index (χ4v) is 3.44. The van der Waals surface area contributed by atoms with E-state index in [0.717, 1.165) is 27.8 Å². The highest BCUT2D eigenvalue weighted by atomic mass is 16.6. The molecule has 1 N–H and O–H groups in total. The minimum atomic E-state index is -0.614. The molecule has 2 aromatic carbocycles. The van der Waals surface area contributed by atoms with Gasteiger partial charge < -0.3 is 9.72 Å². The molecule has 0 radical (unpaired) electrons. The van der Waals surface area contributed by atoms with Crippen LogP contribution in [0.2, 0.25) is 0 Å². The van der Waals surface area contributed by atoms with Crippen molar-refractivity contribution in [1.82, 2.24) is 15.0 Å². The van der Waals surface area contributed by atoms with Crippen LogP contribution in [0.4, 0.5) is 10.5 Å². The zero-order chi connectivity index (χ0) is 22.0. The van der Waals surface area contributed by atoms with Gasteiger partial charge in [0.2, 0.25) is 0 Å². The molecule has 1 amide bonds. The molecule has 4 rings (SSSR count). The van der Waals surface area contributed by atoms with E-state index in [-0.39, 0.29) is 6.04 Å². The quantitative estimate of drug-likeness (QED) is 0.436. The summed E-state index contributed by atoms with van der Waals surface area (Å²) in [4.78, 5) is 26.9. The van der Waals surface area contributed by atoms with Crippen LogP contribution in [0.5, 0.6) is 0 Å². The highest BCUT2D eigenvalue weighted by Crippen LogP contribution is 2.31. The molecule has 2 aromatic heterocycles. The fourth-order valence-electron chi connectivity index (χ4n) is 3.44. The Hall–Kier alpha value is -3.67. The molecule has 0 bridgehead atoms. The van der Waals surface area contributed by atoms with E-state index in [9.17, 15) is 4.79 Å². The third-order valence-electron chi connectivity index (χ3n) is 4.93. The number of nitrogens with one attached hydrogen (secondary N) is 1. The first-order valence-electron chi connectivity index (χ1n) is 10.3. The number of hydrogen-bond donors (Lipinski definition) is 1. The number of carbonyl (C=O) groups is 1. The predicted octanol–water partition coefficient (Wildman–Crippen LogP) is 6.13. The molecular weight excluding hydrogens is 388 g/mol. The first-order valence-corrected chi connectivity index (χ1v) is 10.3. The van der Waals surface area contributed by atoms with Crippen molar-refractivity contribution in [3.63, 3.8) is 0 Å². The normalized spacial score (nSPS) is 12.5. The molecule has 0 aliphatic carbocycles. The zero-order valence-corrected chi connectivity index (χ0v) is 18.2. The van der Waals surface area contributed by atoms with E-state index >= 15 is 0 Å². The monoisotopic (exact) mass is 414 g/mol. The van der Waals surface area contributed by atoms with Crippen LogP contribution < -0.4 is 4.90 Å². The van der Waals surface area contributed by atoms with Crippen LogP contribution in [0.3, 0.4) is 0 Å². The topological polar surface area (TPSA) is 71.1 Å². The van der Waals surface area contributed by atoms with E-state index in [1.807, 2.05) is 76.2 Å². The maximum absolute atomic E-state index is 13.2. The van der Waals surface area contributed by atoms with Gasteiger partial charge in [-0.1, -0.05) is 42.5 Å². The van der Waals surface area contributed by atoms with Gasteiger partial charge in [0.25, 0.3) is 0 Å². The molecule has 0 aliphatic rings. The third-order valence-corrected chi connectivity index (χ3v) is 4.93. The molecular formula is C25H26N4O2. The molecule has 0 aliphatic heterocycles. The molecule has 6 nitrogen and oxygen atoms in total. The minimum Gasteiger partial charge on any atom is -0.443 e. The number of pyridine rings is 1. The predicted molar refractivity (Wildman–Crippen MR) is 123 cm³/mol. The Balaban J connectivity index is 1.71. The van der Waals surface area contributed by atoms with Crippen molar-refractivity contribution in [2.75, 3.05) is 4.90 Å². The summed E-state index contributed by atoms with van der Waals surface area (Å²) in [7, 11) is 0. The van der Waals surface area contributed by atoms with Crippen molar-refractivity contribution in [1.29, 1.82) is 0 Å². The van der Waals surface area contributed by atoms with Crippen LogP contribution in [0.15, 0.2) is 73.1 Å². The van der Waals surface area contributed by atoms with Gasteiger partial charge in [-0.3, -0.25) is 9.88 Å². The summed E-state index contributed by atoms with van der Waals surface area (Å²) in [6, 6.07) is 19.5. The number of amides is 1. The number of hydrogen-bond acceptors (Lipinski definition) is 4. The van der Waals surface area contributed by atoms with E-state index in [0.29, 0.717) is 5.82 Å². The van der Waals surface area contributed by atoms with Crippen molar-refractivity contribution in [3.8, 4) is 11.1 Å². The lowest BCUT2D eigenvalue weighted by Crippen LogP contribution is -2.39. The standard InChI is InChI=1S/C25H26N4O2/c1-17(23-27-21-14-15-26-16-22(21)28-23)29(24(30)31-25(2,3)4)20-12-10-19(11-13-20)18-8-6-5-7-9-18/h5-17H,1-4H3,(H,27,28). The average molecular weight is 415 g/mol. The number of ether oxygens (including phenoxy) is 1. The van der Waals surface area contributed by atoms with Crippen LogP contribution in [-0.4, -0.2) is 26.6 Å². The molecule has 31 heavy (non-hydrogen) atoms. The molecule has 2 heterocycles. The summed E-state index contributed by atoms with van der Waals surface area (Å²) in [5.74, 6) is 0.668. The highest BCUT2D eigenvalue weighted by Gasteiger charge is 2.30. The zero-order valence-electron chi connectivity index (χ0n) is 18.2. The smallest absolute Gasteiger partial charge is 0.415 e. The van der Waals surface area contributed by atoms with Crippen molar-refractivity contribution in [3.05, 3.63) is 78.9 Å². The van der Waals surface area contributed by atoms with E-state index < -0.39 is 11.7 Å². The maximum atomic E-state index is 13.2. The van der Waals surface area contributed by atoms with Gasteiger partial charge in [-0.25, -0.2) is 9.78 Å². The van der Waals surface area contributed by atoms with Gasteiger partial charge in [-0.2, -0.15) is 0 Å².